The fourth-order valence-electron chi connectivity index (χ4n) is 5.68. The molecule has 1 fully saturated rings. The van der Waals surface area contributed by atoms with Crippen LogP contribution in [0.1, 0.15) is 66.1 Å². The number of unbranched alkanes of at least 4 members (excludes halogenated alkanes) is 1. The molecule has 6 nitrogen and oxygen atoms in total. The number of piperidine rings is 1. The van der Waals surface area contributed by atoms with E-state index in [0.717, 1.165) is 49.0 Å². The standard InChI is InChI=1S/C33H41ClN2O4/c1-3-25-10-4-5-14-30(25)40-31-28(12-8-13-29(31)34)33(38,19-6-7-21-39-2)27-11-9-20-36(23-27)32(37)26-17-15-24(22-35)16-18-26/h4-5,8,10,12-18,27,38H,3,6-7,9,11,19-23,35H2,1-2H3/t27?,33-/m0/s1. The van der Waals surface area contributed by atoms with Crippen molar-refractivity contribution >= 4 is 17.5 Å². The molecule has 0 radical (unpaired) electrons. The summed E-state index contributed by atoms with van der Waals surface area (Å²) in [5, 5.41) is 13.1. The summed E-state index contributed by atoms with van der Waals surface area (Å²) in [5.74, 6) is 0.968. The van der Waals surface area contributed by atoms with Gasteiger partial charge in [0, 0.05) is 50.4 Å². The smallest absolute Gasteiger partial charge is 0.253 e. The maximum absolute atomic E-state index is 13.5. The highest BCUT2D eigenvalue weighted by molar-refractivity contribution is 6.32. The second-order valence-corrected chi connectivity index (χ2v) is 11.0. The Bertz CT molecular complexity index is 1270. The van der Waals surface area contributed by atoms with E-state index in [9.17, 15) is 9.90 Å². The number of nitrogens with two attached hydrogens (primary N) is 1. The number of hydrogen-bond donors (Lipinski definition) is 2. The maximum Gasteiger partial charge on any atom is 0.253 e. The molecule has 1 amide bonds. The fraction of sp³-hybridized carbons (Fsp3) is 0.424. The summed E-state index contributed by atoms with van der Waals surface area (Å²) in [7, 11) is 1.69. The third-order valence-electron chi connectivity index (χ3n) is 7.98. The number of likely N-dealkylation sites (tertiary alicyclic amines) is 1. The first-order chi connectivity index (χ1) is 19.4. The van der Waals surface area contributed by atoms with Gasteiger partial charge in [0.2, 0.25) is 0 Å². The third kappa shape index (κ3) is 6.87. The first-order valence-electron chi connectivity index (χ1n) is 14.3. The van der Waals surface area contributed by atoms with E-state index in [0.29, 0.717) is 54.6 Å². The number of aryl methyl sites for hydroxylation is 1. The number of carbonyl (C=O) groups excluding carboxylic acids is 1. The lowest BCUT2D eigenvalue weighted by molar-refractivity contribution is -0.0589. The molecule has 7 heteroatoms. The molecule has 1 unspecified atom stereocenters. The van der Waals surface area contributed by atoms with Gasteiger partial charge in [-0.15, -0.1) is 0 Å². The van der Waals surface area contributed by atoms with Gasteiger partial charge in [0.15, 0.2) is 5.75 Å². The molecule has 0 bridgehead atoms. The van der Waals surface area contributed by atoms with Gasteiger partial charge in [-0.25, -0.2) is 0 Å². The van der Waals surface area contributed by atoms with Crippen molar-refractivity contribution in [1.82, 2.24) is 4.90 Å². The van der Waals surface area contributed by atoms with Gasteiger partial charge >= 0.3 is 0 Å². The molecule has 1 aliphatic rings. The predicted octanol–water partition coefficient (Wildman–Crippen LogP) is 6.71. The normalized spacial score (nSPS) is 16.9. The van der Waals surface area contributed by atoms with E-state index in [1.54, 1.807) is 13.2 Å². The molecule has 0 aliphatic carbocycles. The van der Waals surface area contributed by atoms with Crippen molar-refractivity contribution < 1.29 is 19.4 Å². The van der Waals surface area contributed by atoms with Crippen LogP contribution in [0.3, 0.4) is 0 Å². The average molecular weight is 565 g/mol. The van der Waals surface area contributed by atoms with Crippen LogP contribution in [-0.2, 0) is 23.3 Å². The fourth-order valence-corrected chi connectivity index (χ4v) is 5.89. The third-order valence-corrected chi connectivity index (χ3v) is 8.27. The van der Waals surface area contributed by atoms with E-state index >= 15 is 0 Å². The summed E-state index contributed by atoms with van der Waals surface area (Å²) >= 11 is 6.76. The average Bonchev–Trinajstić information content (AvgIpc) is 3.00. The Labute approximate surface area is 243 Å². The van der Waals surface area contributed by atoms with E-state index in [4.69, 9.17) is 26.8 Å². The number of para-hydroxylation sites is 2. The highest BCUT2D eigenvalue weighted by Crippen LogP contribution is 2.47. The van der Waals surface area contributed by atoms with E-state index in [2.05, 4.69) is 6.92 Å². The Morgan fingerprint density at radius 1 is 1.10 bits per heavy atom. The summed E-state index contributed by atoms with van der Waals surface area (Å²) < 4.78 is 11.8. The van der Waals surface area contributed by atoms with Gasteiger partial charge in [-0.3, -0.25) is 4.79 Å². The SMILES string of the molecule is CCc1ccccc1Oc1c(Cl)cccc1[C@](O)(CCCCOC)C1CCCN(C(=O)c2ccc(CN)cc2)C1. The van der Waals surface area contributed by atoms with Crippen molar-refractivity contribution in [2.24, 2.45) is 11.7 Å². The Kier molecular flexibility index (Phi) is 10.6. The quantitative estimate of drug-likeness (QED) is 0.239. The van der Waals surface area contributed by atoms with Gasteiger partial charge in [-0.05, 0) is 73.9 Å². The Morgan fingerprint density at radius 3 is 2.60 bits per heavy atom. The van der Waals surface area contributed by atoms with Crippen molar-refractivity contribution in [3.63, 3.8) is 0 Å². The largest absolute Gasteiger partial charge is 0.455 e. The second-order valence-electron chi connectivity index (χ2n) is 10.5. The lowest BCUT2D eigenvalue weighted by atomic mass is 9.73. The van der Waals surface area contributed by atoms with E-state index in [-0.39, 0.29) is 11.8 Å². The zero-order chi connectivity index (χ0) is 28.5. The number of halogens is 1. The van der Waals surface area contributed by atoms with Crippen LogP contribution in [0, 0.1) is 5.92 Å². The van der Waals surface area contributed by atoms with Crippen LogP contribution in [0.15, 0.2) is 66.7 Å². The second kappa shape index (κ2) is 14.1. The van der Waals surface area contributed by atoms with Gasteiger partial charge in [0.1, 0.15) is 5.75 Å². The molecule has 0 saturated carbocycles. The van der Waals surface area contributed by atoms with Crippen molar-refractivity contribution in [2.45, 2.75) is 57.6 Å². The van der Waals surface area contributed by atoms with Crippen molar-refractivity contribution in [2.75, 3.05) is 26.8 Å². The minimum Gasteiger partial charge on any atom is -0.455 e. The van der Waals surface area contributed by atoms with Crippen LogP contribution in [0.25, 0.3) is 0 Å². The number of hydrogen-bond acceptors (Lipinski definition) is 5. The molecule has 3 N–H and O–H groups in total. The van der Waals surface area contributed by atoms with Crippen LogP contribution >= 0.6 is 11.6 Å². The molecule has 1 aliphatic heterocycles. The first-order valence-corrected chi connectivity index (χ1v) is 14.6. The molecule has 0 aromatic heterocycles. The zero-order valence-electron chi connectivity index (χ0n) is 23.6. The van der Waals surface area contributed by atoms with Gasteiger partial charge in [0.25, 0.3) is 5.91 Å². The van der Waals surface area contributed by atoms with Gasteiger partial charge < -0.3 is 25.2 Å². The van der Waals surface area contributed by atoms with Crippen LogP contribution < -0.4 is 10.5 Å². The van der Waals surface area contributed by atoms with Crippen molar-refractivity contribution in [1.29, 1.82) is 0 Å². The minimum atomic E-state index is -1.25. The van der Waals surface area contributed by atoms with Crippen molar-refractivity contribution in [3.05, 3.63) is 94.0 Å². The molecule has 3 aromatic carbocycles. The van der Waals surface area contributed by atoms with Crippen LogP contribution in [0.4, 0.5) is 0 Å². The highest BCUT2D eigenvalue weighted by Gasteiger charge is 2.43. The highest BCUT2D eigenvalue weighted by atomic mass is 35.5. The Hall–Kier alpha value is -2.90. The van der Waals surface area contributed by atoms with E-state index < -0.39 is 5.60 Å². The maximum atomic E-state index is 13.5. The number of aliphatic hydroxyl groups is 1. The molecule has 40 heavy (non-hydrogen) atoms. The number of methoxy groups -OCH3 is 1. The van der Waals surface area contributed by atoms with E-state index in [1.165, 1.54) is 0 Å². The Morgan fingerprint density at radius 2 is 1.88 bits per heavy atom. The van der Waals surface area contributed by atoms with Gasteiger partial charge in [0.05, 0.1) is 10.6 Å². The lowest BCUT2D eigenvalue weighted by Crippen LogP contribution is -2.48. The molecule has 214 valence electrons. The van der Waals surface area contributed by atoms with E-state index in [1.807, 2.05) is 65.6 Å². The minimum absolute atomic E-state index is 0.0329. The monoisotopic (exact) mass is 564 g/mol. The lowest BCUT2D eigenvalue weighted by Gasteiger charge is -2.43. The summed E-state index contributed by atoms with van der Waals surface area (Å²) in [6, 6.07) is 20.9. The Balaban J connectivity index is 1.68. The number of carbonyl (C=O) groups is 1. The molecular formula is C33H41ClN2O4. The predicted molar refractivity (Wildman–Crippen MR) is 160 cm³/mol. The molecule has 2 atom stereocenters. The molecule has 1 heterocycles. The molecule has 0 spiro atoms. The molecule has 1 saturated heterocycles. The number of nitrogens with zero attached hydrogens (tertiary/aromatic N) is 1. The molecule has 3 aromatic rings. The number of benzene rings is 3. The summed E-state index contributed by atoms with van der Waals surface area (Å²) in [6.45, 7) is 4.22. The topological polar surface area (TPSA) is 85.0 Å². The van der Waals surface area contributed by atoms with Crippen molar-refractivity contribution in [3.8, 4) is 11.5 Å². The van der Waals surface area contributed by atoms with Crippen LogP contribution in [0.2, 0.25) is 5.02 Å². The first kappa shape index (κ1) is 30.1. The van der Waals surface area contributed by atoms with Gasteiger partial charge in [-0.1, -0.05) is 61.0 Å². The number of ether oxygens (including phenoxy) is 2. The van der Waals surface area contributed by atoms with Crippen LogP contribution in [-0.4, -0.2) is 42.7 Å². The molecule has 4 rings (SSSR count). The summed E-state index contributed by atoms with van der Waals surface area (Å²) in [6.07, 6.45) is 4.47. The summed E-state index contributed by atoms with van der Waals surface area (Å²) in [5.41, 5.74) is 7.82. The summed E-state index contributed by atoms with van der Waals surface area (Å²) in [4.78, 5) is 15.4. The number of rotatable bonds is 12. The zero-order valence-corrected chi connectivity index (χ0v) is 24.3. The number of amides is 1. The van der Waals surface area contributed by atoms with Crippen LogP contribution in [0.5, 0.6) is 11.5 Å². The molecular weight excluding hydrogens is 524 g/mol. The van der Waals surface area contributed by atoms with Gasteiger partial charge in [-0.2, -0.15) is 0 Å².